The number of rotatable bonds is 4. The molecule has 0 aliphatic heterocycles. The Labute approximate surface area is 146 Å². The average Bonchev–Trinajstić information content (AvgIpc) is 2.54. The third kappa shape index (κ3) is 4.33. The van der Waals surface area contributed by atoms with Crippen LogP contribution in [-0.2, 0) is 4.79 Å². The zero-order valence-corrected chi connectivity index (χ0v) is 14.2. The van der Waals surface area contributed by atoms with Crippen LogP contribution in [0.4, 0.5) is 5.69 Å². The molecule has 0 atom stereocenters. The highest BCUT2D eigenvalue weighted by Gasteiger charge is 2.11. The minimum absolute atomic E-state index is 0.0138. The van der Waals surface area contributed by atoms with Crippen molar-refractivity contribution in [1.82, 2.24) is 0 Å². The molecule has 126 valence electrons. The van der Waals surface area contributed by atoms with Crippen LogP contribution in [0.15, 0.2) is 42.0 Å². The molecule has 0 saturated carbocycles. The quantitative estimate of drug-likeness (QED) is 0.687. The largest absolute Gasteiger partial charge is 0.545 e. The van der Waals surface area contributed by atoms with E-state index in [-0.39, 0.29) is 11.1 Å². The van der Waals surface area contributed by atoms with E-state index in [0.29, 0.717) is 5.69 Å². The molecular weight excluding hydrogens is 316 g/mol. The molecule has 5 nitrogen and oxygen atoms in total. The fourth-order valence-electron chi connectivity index (χ4n) is 2.60. The Kier molecular flexibility index (Phi) is 5.35. The predicted octanol–water partition coefficient (Wildman–Crippen LogP) is 2.52. The molecule has 25 heavy (non-hydrogen) atoms. The molecule has 2 aromatic carbocycles. The van der Waals surface area contributed by atoms with Crippen molar-refractivity contribution >= 4 is 23.6 Å². The van der Waals surface area contributed by atoms with Crippen LogP contribution in [0.5, 0.6) is 0 Å². The molecule has 0 radical (unpaired) electrons. The number of carboxylic acid groups (broad SMARTS) is 1. The van der Waals surface area contributed by atoms with Crippen molar-refractivity contribution in [3.8, 4) is 6.07 Å². The van der Waals surface area contributed by atoms with Gasteiger partial charge in [-0.05, 0) is 61.2 Å². The fraction of sp³-hybridized carbons (Fsp3) is 0.150. The maximum absolute atomic E-state index is 12.3. The number of hydrogen-bond acceptors (Lipinski definition) is 4. The van der Waals surface area contributed by atoms with Crippen molar-refractivity contribution in [2.75, 3.05) is 5.32 Å². The van der Waals surface area contributed by atoms with Gasteiger partial charge in [-0.2, -0.15) is 5.26 Å². The molecule has 0 aliphatic carbocycles. The van der Waals surface area contributed by atoms with Gasteiger partial charge in [0.1, 0.15) is 11.6 Å². The first-order valence-electron chi connectivity index (χ1n) is 7.64. The Morgan fingerprint density at radius 1 is 1.08 bits per heavy atom. The van der Waals surface area contributed by atoms with E-state index in [9.17, 15) is 20.0 Å². The molecule has 5 heteroatoms. The first-order valence-corrected chi connectivity index (χ1v) is 7.64. The summed E-state index contributed by atoms with van der Waals surface area (Å²) in [5.74, 6) is -1.84. The van der Waals surface area contributed by atoms with Crippen LogP contribution in [0.2, 0.25) is 0 Å². The second kappa shape index (κ2) is 7.45. The Morgan fingerprint density at radius 2 is 1.64 bits per heavy atom. The summed E-state index contributed by atoms with van der Waals surface area (Å²) < 4.78 is 0. The summed E-state index contributed by atoms with van der Waals surface area (Å²) in [5, 5.41) is 22.6. The maximum atomic E-state index is 12.3. The van der Waals surface area contributed by atoms with Crippen molar-refractivity contribution in [1.29, 1.82) is 5.26 Å². The number of aromatic carboxylic acids is 1. The summed E-state index contributed by atoms with van der Waals surface area (Å²) in [4.78, 5) is 23.1. The van der Waals surface area contributed by atoms with Gasteiger partial charge in [-0.15, -0.1) is 0 Å². The van der Waals surface area contributed by atoms with Crippen LogP contribution < -0.4 is 10.4 Å². The van der Waals surface area contributed by atoms with Gasteiger partial charge in [-0.3, -0.25) is 4.79 Å². The number of anilines is 1. The number of nitriles is 1. The van der Waals surface area contributed by atoms with Crippen molar-refractivity contribution in [3.63, 3.8) is 0 Å². The number of aryl methyl sites for hydroxylation is 3. The summed E-state index contributed by atoms with van der Waals surface area (Å²) >= 11 is 0. The van der Waals surface area contributed by atoms with Crippen LogP contribution in [0.3, 0.4) is 0 Å². The molecule has 0 heterocycles. The van der Waals surface area contributed by atoms with E-state index in [1.807, 2.05) is 39.0 Å². The molecule has 2 aromatic rings. The molecule has 0 aromatic heterocycles. The van der Waals surface area contributed by atoms with Gasteiger partial charge >= 0.3 is 0 Å². The van der Waals surface area contributed by atoms with Crippen LogP contribution in [0.25, 0.3) is 6.08 Å². The number of nitrogens with zero attached hydrogens (tertiary/aromatic N) is 1. The van der Waals surface area contributed by atoms with Gasteiger partial charge in [-0.25, -0.2) is 0 Å². The molecule has 0 saturated heterocycles. The topological polar surface area (TPSA) is 93.0 Å². The summed E-state index contributed by atoms with van der Waals surface area (Å²) in [6.45, 7) is 5.84. The van der Waals surface area contributed by atoms with Crippen molar-refractivity contribution in [2.45, 2.75) is 20.8 Å². The van der Waals surface area contributed by atoms with E-state index in [4.69, 9.17) is 0 Å². The van der Waals surface area contributed by atoms with Crippen LogP contribution in [-0.4, -0.2) is 11.9 Å². The summed E-state index contributed by atoms with van der Waals surface area (Å²) in [5.41, 5.74) is 4.30. The lowest BCUT2D eigenvalue weighted by molar-refractivity contribution is -0.255. The standard InChI is InChI=1S/C20H18N2O3/c1-12-8-13(2)18(14(3)9-12)10-16(11-21)19(23)22-17-6-4-15(5-7-17)20(24)25/h4-10H,1-3H3,(H,22,23)(H,24,25)/p-1/b16-10+. The molecule has 2 rings (SSSR count). The molecule has 1 amide bonds. The number of benzene rings is 2. The summed E-state index contributed by atoms with van der Waals surface area (Å²) in [6.07, 6.45) is 1.56. The van der Waals surface area contributed by atoms with Crippen molar-refractivity contribution < 1.29 is 14.7 Å². The van der Waals surface area contributed by atoms with Crippen LogP contribution in [0.1, 0.15) is 32.6 Å². The third-order valence-corrected chi connectivity index (χ3v) is 3.77. The second-order valence-electron chi connectivity index (χ2n) is 5.80. The van der Waals surface area contributed by atoms with E-state index in [1.54, 1.807) is 6.08 Å². The van der Waals surface area contributed by atoms with Gasteiger partial charge in [0.2, 0.25) is 0 Å². The van der Waals surface area contributed by atoms with Gasteiger partial charge in [0, 0.05) is 5.69 Å². The molecule has 0 spiro atoms. The molecular formula is C20H17N2O3-. The lowest BCUT2D eigenvalue weighted by atomic mass is 9.98. The maximum Gasteiger partial charge on any atom is 0.266 e. The Balaban J connectivity index is 2.27. The van der Waals surface area contributed by atoms with Crippen molar-refractivity contribution in [3.05, 3.63) is 69.8 Å². The highest BCUT2D eigenvalue weighted by atomic mass is 16.4. The smallest absolute Gasteiger partial charge is 0.266 e. The van der Waals surface area contributed by atoms with E-state index in [2.05, 4.69) is 5.32 Å². The van der Waals surface area contributed by atoms with E-state index in [1.165, 1.54) is 24.3 Å². The number of hydrogen-bond donors (Lipinski definition) is 1. The van der Waals surface area contributed by atoms with Gasteiger partial charge in [0.25, 0.3) is 5.91 Å². The molecule has 0 aliphatic rings. The number of carbonyl (C=O) groups is 2. The molecule has 0 unspecified atom stereocenters. The number of amides is 1. The SMILES string of the molecule is Cc1cc(C)c(/C=C(\C#N)C(=O)Nc2ccc(C(=O)[O-])cc2)c(C)c1. The van der Waals surface area contributed by atoms with Gasteiger partial charge < -0.3 is 15.2 Å². The number of carbonyl (C=O) groups excluding carboxylic acids is 2. The molecule has 0 bridgehead atoms. The Bertz CT molecular complexity index is 881. The average molecular weight is 333 g/mol. The monoisotopic (exact) mass is 333 g/mol. The van der Waals surface area contributed by atoms with Crippen LogP contribution >= 0.6 is 0 Å². The van der Waals surface area contributed by atoms with Gasteiger partial charge in [0.05, 0.1) is 5.97 Å². The fourth-order valence-corrected chi connectivity index (χ4v) is 2.60. The third-order valence-electron chi connectivity index (χ3n) is 3.77. The highest BCUT2D eigenvalue weighted by Crippen LogP contribution is 2.20. The van der Waals surface area contributed by atoms with Crippen molar-refractivity contribution in [2.24, 2.45) is 0 Å². The van der Waals surface area contributed by atoms with E-state index in [0.717, 1.165) is 22.3 Å². The summed E-state index contributed by atoms with van der Waals surface area (Å²) in [6, 6.07) is 11.4. The predicted molar refractivity (Wildman–Crippen MR) is 93.6 cm³/mol. The Hall–Kier alpha value is -3.39. The normalized spacial score (nSPS) is 10.9. The zero-order chi connectivity index (χ0) is 18.6. The zero-order valence-electron chi connectivity index (χ0n) is 14.2. The lowest BCUT2D eigenvalue weighted by Gasteiger charge is -2.09. The van der Waals surface area contributed by atoms with Gasteiger partial charge in [-0.1, -0.05) is 29.8 Å². The number of nitrogens with one attached hydrogen (secondary N) is 1. The Morgan fingerprint density at radius 3 is 2.12 bits per heavy atom. The van der Waals surface area contributed by atoms with Crippen LogP contribution in [0, 0.1) is 32.1 Å². The number of carboxylic acids is 1. The summed E-state index contributed by atoms with van der Waals surface area (Å²) in [7, 11) is 0. The first-order chi connectivity index (χ1) is 11.8. The lowest BCUT2D eigenvalue weighted by Crippen LogP contribution is -2.22. The molecule has 0 fully saturated rings. The minimum atomic E-state index is -1.29. The minimum Gasteiger partial charge on any atom is -0.545 e. The van der Waals surface area contributed by atoms with Gasteiger partial charge in [0.15, 0.2) is 0 Å². The van der Waals surface area contributed by atoms with E-state index < -0.39 is 11.9 Å². The highest BCUT2D eigenvalue weighted by molar-refractivity contribution is 6.10. The van der Waals surface area contributed by atoms with E-state index >= 15 is 0 Å². The second-order valence-corrected chi connectivity index (χ2v) is 5.80. The molecule has 1 N–H and O–H groups in total. The first kappa shape index (κ1) is 18.0.